The molecule has 9 nitrogen and oxygen atoms in total. The highest BCUT2D eigenvalue weighted by Crippen LogP contribution is 2.39. The first-order chi connectivity index (χ1) is 17.8. The fourth-order valence-corrected chi connectivity index (χ4v) is 3.41. The number of halogens is 3. The average molecular weight is 569 g/mol. The Balaban J connectivity index is 0.00000667. The van der Waals surface area contributed by atoms with E-state index in [1.165, 1.54) is 19.2 Å². The van der Waals surface area contributed by atoms with Gasteiger partial charge in [-0.3, -0.25) is 4.79 Å². The van der Waals surface area contributed by atoms with Crippen molar-refractivity contribution >= 4 is 22.6 Å². The molecule has 0 aromatic heterocycles. The quantitative estimate of drug-likeness (QED) is 0.0488. The summed E-state index contributed by atoms with van der Waals surface area (Å²) in [5.74, 6) is -1.95. The summed E-state index contributed by atoms with van der Waals surface area (Å²) < 4.78 is 85.2. The molecule has 0 bridgehead atoms. The van der Waals surface area contributed by atoms with E-state index in [-0.39, 0.29) is 36.1 Å². The maximum Gasteiger partial charge on any atom is 0.534 e. The molecule has 0 radical (unpaired) electrons. The summed E-state index contributed by atoms with van der Waals surface area (Å²) in [7, 11) is -4.69. The van der Waals surface area contributed by atoms with Crippen LogP contribution in [-0.4, -0.2) is 46.7 Å². The van der Waals surface area contributed by atoms with Crippen LogP contribution in [0.3, 0.4) is 0 Å². The van der Waals surface area contributed by atoms with Gasteiger partial charge in [0.05, 0.1) is 13.7 Å². The fourth-order valence-electron chi connectivity index (χ4n) is 2.96. The first kappa shape index (κ1) is 34.8. The summed E-state index contributed by atoms with van der Waals surface area (Å²) in [4.78, 5) is 24.0. The lowest BCUT2D eigenvalue weighted by atomic mass is 9.96. The van der Waals surface area contributed by atoms with E-state index in [1.54, 1.807) is 19.1 Å². The molecule has 0 aliphatic rings. The van der Waals surface area contributed by atoms with Crippen LogP contribution < -0.4 is 9.47 Å². The molecular weight excluding hydrogens is 533 g/mol. The Morgan fingerprint density at radius 2 is 1.82 bits per heavy atom. The smallest absolute Gasteiger partial charge is 0.495 e. The molecule has 1 aromatic carbocycles. The zero-order valence-electron chi connectivity index (χ0n) is 22.3. The highest BCUT2D eigenvalue weighted by Gasteiger charge is 2.48. The van der Waals surface area contributed by atoms with Crippen molar-refractivity contribution < 1.29 is 54.3 Å². The standard InChI is InChI=1S/C23H29F3O9S.C2H6/c1-6-7-8-11-32-22(28)20-18(33-13-16(4)35-36(29,30)23(24,25)26)10-9-17(21(20)31-5)19(34-14-27)12-15(2)3;1-2/h6-7,9-10,14-15,19H,4,8,11-13H2,1-3,5H3;1-2H3/b7-6+;. The van der Waals surface area contributed by atoms with Gasteiger partial charge in [0, 0.05) is 5.56 Å². The Kier molecular flexibility index (Phi) is 15.2. The molecular formula is C25H35F3O9S. The minimum atomic E-state index is -5.95. The Bertz CT molecular complexity index is 1050. The minimum Gasteiger partial charge on any atom is -0.495 e. The molecule has 1 atom stereocenters. The van der Waals surface area contributed by atoms with Gasteiger partial charge in [-0.05, 0) is 37.8 Å². The number of alkyl halides is 3. The van der Waals surface area contributed by atoms with Gasteiger partial charge in [0.2, 0.25) is 0 Å². The van der Waals surface area contributed by atoms with Crippen LogP contribution in [0.4, 0.5) is 13.2 Å². The van der Waals surface area contributed by atoms with Crippen molar-refractivity contribution in [3.8, 4) is 11.5 Å². The molecule has 1 aromatic rings. The molecule has 216 valence electrons. The highest BCUT2D eigenvalue weighted by atomic mass is 32.2. The molecule has 0 fully saturated rings. The Morgan fingerprint density at radius 1 is 1.18 bits per heavy atom. The summed E-state index contributed by atoms with van der Waals surface area (Å²) in [5.41, 5.74) is -5.59. The predicted octanol–water partition coefficient (Wildman–Crippen LogP) is 5.86. The van der Waals surface area contributed by atoms with Crippen LogP contribution in [0.5, 0.6) is 11.5 Å². The fraction of sp³-hybridized carbons (Fsp3) is 0.520. The highest BCUT2D eigenvalue weighted by molar-refractivity contribution is 7.87. The molecule has 0 aliphatic carbocycles. The van der Waals surface area contributed by atoms with E-state index < -0.39 is 40.1 Å². The van der Waals surface area contributed by atoms with Crippen molar-refractivity contribution in [1.82, 2.24) is 0 Å². The van der Waals surface area contributed by atoms with Crippen LogP contribution in [0.15, 0.2) is 36.6 Å². The van der Waals surface area contributed by atoms with Crippen LogP contribution in [-0.2, 0) is 28.6 Å². The van der Waals surface area contributed by atoms with E-state index in [2.05, 4.69) is 10.8 Å². The van der Waals surface area contributed by atoms with E-state index in [0.717, 1.165) is 0 Å². The van der Waals surface area contributed by atoms with Gasteiger partial charge in [-0.15, -0.1) is 0 Å². The Hall–Kier alpha value is -3.22. The van der Waals surface area contributed by atoms with E-state index in [9.17, 15) is 31.2 Å². The van der Waals surface area contributed by atoms with Gasteiger partial charge in [-0.1, -0.05) is 46.4 Å². The molecule has 1 unspecified atom stereocenters. The molecule has 0 amide bonds. The number of methoxy groups -OCH3 is 1. The third kappa shape index (κ3) is 10.6. The summed E-state index contributed by atoms with van der Waals surface area (Å²) in [6, 6.07) is 2.73. The SMILES string of the molecule is C=C(COc1ccc(C(CC(C)C)OC=O)c(OC)c1C(=O)OCC/C=C/C)OS(=O)(=O)C(F)(F)F.CC. The monoisotopic (exact) mass is 568 g/mol. The average Bonchev–Trinajstić information content (AvgIpc) is 2.84. The molecule has 38 heavy (non-hydrogen) atoms. The van der Waals surface area contributed by atoms with Gasteiger partial charge < -0.3 is 23.1 Å². The number of ether oxygens (including phenoxy) is 4. The molecule has 0 N–H and O–H groups in total. The second-order valence-corrected chi connectivity index (χ2v) is 9.25. The number of hydrogen-bond donors (Lipinski definition) is 0. The molecule has 1 rings (SSSR count). The number of esters is 1. The molecule has 0 saturated carbocycles. The topological polar surface area (TPSA) is 114 Å². The van der Waals surface area contributed by atoms with Crippen molar-refractivity contribution in [1.29, 1.82) is 0 Å². The van der Waals surface area contributed by atoms with Crippen molar-refractivity contribution in [3.63, 3.8) is 0 Å². The van der Waals surface area contributed by atoms with Crippen molar-refractivity contribution in [2.24, 2.45) is 5.92 Å². The van der Waals surface area contributed by atoms with E-state index in [1.807, 2.05) is 27.7 Å². The molecule has 0 spiro atoms. The largest absolute Gasteiger partial charge is 0.534 e. The number of carbonyl (C=O) groups excluding carboxylic acids is 2. The first-order valence-corrected chi connectivity index (χ1v) is 13.1. The van der Waals surface area contributed by atoms with E-state index >= 15 is 0 Å². The van der Waals surface area contributed by atoms with Gasteiger partial charge in [0.15, 0.2) is 0 Å². The predicted molar refractivity (Wildman–Crippen MR) is 134 cm³/mol. The summed E-state index contributed by atoms with van der Waals surface area (Å²) in [6.45, 7) is 12.1. The second kappa shape index (κ2) is 16.6. The minimum absolute atomic E-state index is 0.00407. The third-order valence-corrected chi connectivity index (χ3v) is 5.49. The third-order valence-electron chi connectivity index (χ3n) is 4.46. The summed E-state index contributed by atoms with van der Waals surface area (Å²) in [5, 5.41) is 0. The first-order valence-electron chi connectivity index (χ1n) is 11.7. The maximum absolute atomic E-state index is 13.0. The molecule has 0 aliphatic heterocycles. The number of carbonyl (C=O) groups is 2. The van der Waals surface area contributed by atoms with E-state index in [4.69, 9.17) is 18.9 Å². The lowest BCUT2D eigenvalue weighted by Crippen LogP contribution is -2.26. The zero-order chi connectivity index (χ0) is 29.5. The number of hydrogen-bond acceptors (Lipinski definition) is 9. The zero-order valence-corrected chi connectivity index (χ0v) is 23.1. The van der Waals surface area contributed by atoms with Crippen LogP contribution >= 0.6 is 0 Å². The Labute approximate surface area is 221 Å². The van der Waals surface area contributed by atoms with Gasteiger partial charge in [-0.25, -0.2) is 4.79 Å². The van der Waals surface area contributed by atoms with Gasteiger partial charge in [0.1, 0.15) is 35.5 Å². The summed E-state index contributed by atoms with van der Waals surface area (Å²) >= 11 is 0. The van der Waals surface area contributed by atoms with Crippen LogP contribution in [0, 0.1) is 5.92 Å². The second-order valence-electron chi connectivity index (χ2n) is 7.72. The summed E-state index contributed by atoms with van der Waals surface area (Å²) in [6.07, 6.45) is 3.51. The van der Waals surface area contributed by atoms with E-state index in [0.29, 0.717) is 18.4 Å². The van der Waals surface area contributed by atoms with Gasteiger partial charge in [-0.2, -0.15) is 21.6 Å². The lowest BCUT2D eigenvalue weighted by molar-refractivity contribution is -0.134. The number of rotatable bonds is 15. The van der Waals surface area contributed by atoms with Crippen LogP contribution in [0.2, 0.25) is 0 Å². The normalized spacial score (nSPS) is 12.3. The Morgan fingerprint density at radius 3 is 2.32 bits per heavy atom. The van der Waals surface area contributed by atoms with Crippen LogP contribution in [0.1, 0.15) is 69.5 Å². The van der Waals surface area contributed by atoms with Crippen molar-refractivity contribution in [3.05, 3.63) is 47.7 Å². The number of allylic oxidation sites excluding steroid dienone is 1. The molecule has 13 heteroatoms. The lowest BCUT2D eigenvalue weighted by Gasteiger charge is -2.23. The van der Waals surface area contributed by atoms with Gasteiger partial charge >= 0.3 is 21.6 Å². The molecule has 0 heterocycles. The van der Waals surface area contributed by atoms with Crippen LogP contribution in [0.25, 0.3) is 0 Å². The van der Waals surface area contributed by atoms with Gasteiger partial charge in [0.25, 0.3) is 6.47 Å². The maximum atomic E-state index is 13.0. The van der Waals surface area contributed by atoms with Crippen molar-refractivity contribution in [2.45, 2.75) is 59.1 Å². The molecule has 0 saturated heterocycles. The number of benzene rings is 1. The van der Waals surface area contributed by atoms with Crippen molar-refractivity contribution in [2.75, 3.05) is 20.3 Å².